The Kier molecular flexibility index (Phi) is 8.99. The smallest absolute Gasteiger partial charge is 0.127 e. The summed E-state index contributed by atoms with van der Waals surface area (Å²) in [6.07, 6.45) is 0. The number of thioether (sulfide) groups is 2. The van der Waals surface area contributed by atoms with Crippen LogP contribution in [0.1, 0.15) is 62.0 Å². The zero-order valence-electron chi connectivity index (χ0n) is 35.7. The summed E-state index contributed by atoms with van der Waals surface area (Å²) >= 11 is 3.86. The number of ether oxygens (including phenoxy) is 1. The minimum Gasteiger partial charge on any atom is -0.457 e. The first kappa shape index (κ1) is 38.5. The van der Waals surface area contributed by atoms with E-state index < -0.39 is 0 Å². The van der Waals surface area contributed by atoms with Crippen molar-refractivity contribution in [1.29, 1.82) is 0 Å². The zero-order chi connectivity index (χ0) is 42.5. The largest absolute Gasteiger partial charge is 0.457 e. The van der Waals surface area contributed by atoms with Crippen LogP contribution in [0.4, 0.5) is 11.4 Å². The van der Waals surface area contributed by atoms with Crippen LogP contribution in [0.15, 0.2) is 168 Å². The molecule has 6 heterocycles. The normalized spacial score (nSPS) is 21.0. The van der Waals surface area contributed by atoms with Gasteiger partial charge in [0.25, 0.3) is 0 Å². The van der Waals surface area contributed by atoms with Crippen molar-refractivity contribution >= 4 is 34.9 Å². The number of anilines is 2. The van der Waals surface area contributed by atoms with Gasteiger partial charge in [0, 0.05) is 57.0 Å². The Bertz CT molecular complexity index is 2810. The van der Waals surface area contributed by atoms with Crippen molar-refractivity contribution in [2.45, 2.75) is 60.7 Å². The molecule has 4 aliphatic heterocycles. The molecule has 9 heteroatoms. The molecule has 0 unspecified atom stereocenters. The molecular weight excluding hydrogens is 813 g/mol. The lowest BCUT2D eigenvalue weighted by Gasteiger charge is -2.48. The molecule has 0 aliphatic carbocycles. The van der Waals surface area contributed by atoms with E-state index in [0.29, 0.717) is 11.8 Å². The van der Waals surface area contributed by atoms with Gasteiger partial charge in [-0.15, -0.1) is 23.5 Å². The van der Waals surface area contributed by atoms with Crippen LogP contribution in [-0.4, -0.2) is 31.1 Å². The van der Waals surface area contributed by atoms with Crippen LogP contribution in [0, 0.1) is 11.8 Å². The number of fused-ring (bicyclic) bond motifs is 8. The maximum Gasteiger partial charge on any atom is 0.127 e. The number of hydrogen-bond donors (Lipinski definition) is 2. The molecular formula is C54H48N6OS2. The van der Waals surface area contributed by atoms with Crippen molar-refractivity contribution in [2.24, 2.45) is 11.8 Å². The summed E-state index contributed by atoms with van der Waals surface area (Å²) in [7, 11) is 0. The topological polar surface area (TPSA) is 68.9 Å². The van der Waals surface area contributed by atoms with E-state index in [1.165, 1.54) is 32.3 Å². The average Bonchev–Trinajstić information content (AvgIpc) is 3.91. The van der Waals surface area contributed by atoms with E-state index in [2.05, 4.69) is 205 Å². The summed E-state index contributed by atoms with van der Waals surface area (Å²) in [4.78, 5) is 0. The number of hydrogen-bond acceptors (Lipinski definition) is 7. The van der Waals surface area contributed by atoms with Crippen molar-refractivity contribution in [2.75, 3.05) is 22.1 Å². The monoisotopic (exact) mass is 860 g/mol. The van der Waals surface area contributed by atoms with Crippen LogP contribution in [-0.2, 0) is 10.8 Å². The first-order valence-corrected chi connectivity index (χ1v) is 23.9. The van der Waals surface area contributed by atoms with Crippen molar-refractivity contribution in [1.82, 2.24) is 19.6 Å². The molecule has 0 saturated carbocycles. The summed E-state index contributed by atoms with van der Waals surface area (Å²) in [6.45, 7) is 9.64. The summed E-state index contributed by atoms with van der Waals surface area (Å²) in [5.41, 5.74) is 13.7. The Hall–Kier alpha value is -6.16. The number of rotatable bonds is 6. The number of benzene rings is 6. The van der Waals surface area contributed by atoms with Crippen molar-refractivity contribution in [3.8, 4) is 45.4 Å². The van der Waals surface area contributed by atoms with Crippen LogP contribution in [0.25, 0.3) is 33.9 Å². The second kappa shape index (κ2) is 14.7. The number of para-hydroxylation sites is 2. The van der Waals surface area contributed by atoms with E-state index in [9.17, 15) is 0 Å². The van der Waals surface area contributed by atoms with Gasteiger partial charge in [-0.2, -0.15) is 10.2 Å². The van der Waals surface area contributed by atoms with Crippen molar-refractivity contribution in [3.63, 3.8) is 0 Å². The van der Waals surface area contributed by atoms with Crippen LogP contribution in [0.2, 0.25) is 0 Å². The third-order valence-electron chi connectivity index (χ3n) is 14.2. The molecule has 2 N–H and O–H groups in total. The fourth-order valence-corrected chi connectivity index (χ4v) is 13.9. The van der Waals surface area contributed by atoms with E-state index in [-0.39, 0.29) is 22.9 Å². The van der Waals surface area contributed by atoms with Crippen molar-refractivity contribution in [3.05, 3.63) is 180 Å². The zero-order valence-corrected chi connectivity index (χ0v) is 37.4. The predicted molar refractivity (Wildman–Crippen MR) is 258 cm³/mol. The van der Waals surface area contributed by atoms with Gasteiger partial charge >= 0.3 is 0 Å². The van der Waals surface area contributed by atoms with E-state index in [0.717, 1.165) is 68.3 Å². The van der Waals surface area contributed by atoms with E-state index in [1.54, 1.807) is 0 Å². The van der Waals surface area contributed by atoms with Crippen LogP contribution < -0.4 is 15.4 Å². The third kappa shape index (κ3) is 6.18. The Morgan fingerprint density at radius 1 is 0.508 bits per heavy atom. The molecule has 0 radical (unpaired) electrons. The van der Waals surface area contributed by atoms with Gasteiger partial charge in [-0.3, -0.25) is 0 Å². The maximum absolute atomic E-state index is 6.85. The van der Waals surface area contributed by atoms with Gasteiger partial charge < -0.3 is 15.4 Å². The van der Waals surface area contributed by atoms with Crippen LogP contribution >= 0.6 is 23.5 Å². The molecule has 0 bridgehead atoms. The van der Waals surface area contributed by atoms with Gasteiger partial charge in [0.15, 0.2) is 0 Å². The predicted octanol–water partition coefficient (Wildman–Crippen LogP) is 13.5. The highest BCUT2D eigenvalue weighted by Crippen LogP contribution is 2.59. The first-order chi connectivity index (χ1) is 30.7. The number of nitrogens with zero attached hydrogens (tertiary/aromatic N) is 4. The Morgan fingerprint density at radius 3 is 1.29 bits per heavy atom. The molecule has 4 aliphatic rings. The van der Waals surface area contributed by atoms with Crippen LogP contribution in [0.3, 0.4) is 0 Å². The summed E-state index contributed by atoms with van der Waals surface area (Å²) in [5.74, 6) is 4.31. The molecule has 0 amide bonds. The lowest BCUT2D eigenvalue weighted by atomic mass is 9.66. The van der Waals surface area contributed by atoms with Gasteiger partial charge in [0.1, 0.15) is 21.6 Å². The minimum absolute atomic E-state index is 0.105. The standard InChI is InChI=1S/C54H48N6OS2/c1-53(2)39-29-37(25-27-43(39)55-49-41(53)31-62-51-45(49)47(33-17-9-5-10-18-33)57-59(51)35-21-13-7-14-22-35)61-38-26-28-44-40(30-38)54(3,4)42-32-63-52-46(50(42)56-44)48(34-19-11-6-12-20-34)58-60(52)36-23-15-8-16-24-36/h5-30,41-42,49-50,55-56H,31-32H2,1-4H3/t41-,42-,49-,50-/m1/s1. The Balaban J connectivity index is 0.865. The van der Waals surface area contributed by atoms with E-state index >= 15 is 0 Å². The second-order valence-corrected chi connectivity index (χ2v) is 20.4. The summed E-state index contributed by atoms with van der Waals surface area (Å²) in [6, 6.07) is 55.8. The fraction of sp³-hybridized carbons (Fsp3) is 0.222. The van der Waals surface area contributed by atoms with E-state index in [4.69, 9.17) is 14.9 Å². The highest BCUT2D eigenvalue weighted by atomic mass is 32.2. The SMILES string of the molecule is CC1(C)c2cc(Oc3ccc4c(c3)C(C)(C)[C@@H]3CSc5c(c(-c6ccccc6)nn5-c5ccccc5)[C@@H]3N4)ccc2N[C@H]2c3c(-c4ccccc4)nn(-c4ccccc4)c3SC[C@H]21. The first-order valence-electron chi connectivity index (χ1n) is 22.0. The maximum atomic E-state index is 6.85. The molecule has 0 saturated heterocycles. The third-order valence-corrected chi connectivity index (χ3v) is 16.5. The number of aromatic nitrogens is 4. The lowest BCUT2D eigenvalue weighted by Crippen LogP contribution is -2.44. The second-order valence-electron chi connectivity index (χ2n) is 18.4. The molecule has 8 aromatic rings. The molecule has 312 valence electrons. The molecule has 4 atom stereocenters. The summed E-state index contributed by atoms with van der Waals surface area (Å²) < 4.78 is 11.2. The molecule has 63 heavy (non-hydrogen) atoms. The molecule has 2 aromatic heterocycles. The highest BCUT2D eigenvalue weighted by molar-refractivity contribution is 7.99. The summed E-state index contributed by atoms with van der Waals surface area (Å²) in [5, 5.41) is 21.2. The highest BCUT2D eigenvalue weighted by Gasteiger charge is 2.50. The van der Waals surface area contributed by atoms with Gasteiger partial charge in [0.2, 0.25) is 0 Å². The van der Waals surface area contributed by atoms with Gasteiger partial charge in [-0.05, 0) is 82.6 Å². The Labute approximate surface area is 377 Å². The van der Waals surface area contributed by atoms with Gasteiger partial charge in [-0.25, -0.2) is 9.36 Å². The lowest BCUT2D eigenvalue weighted by molar-refractivity contribution is 0.291. The fourth-order valence-electron chi connectivity index (χ4n) is 10.7. The minimum atomic E-state index is -0.140. The average molecular weight is 861 g/mol. The van der Waals surface area contributed by atoms with E-state index in [1.807, 2.05) is 23.5 Å². The Morgan fingerprint density at radius 2 is 0.889 bits per heavy atom. The molecule has 7 nitrogen and oxygen atoms in total. The van der Waals surface area contributed by atoms with Gasteiger partial charge in [0.05, 0.1) is 34.8 Å². The quantitative estimate of drug-likeness (QED) is 0.173. The van der Waals surface area contributed by atoms with Crippen LogP contribution in [0.5, 0.6) is 11.5 Å². The molecule has 0 spiro atoms. The van der Waals surface area contributed by atoms with Gasteiger partial charge in [-0.1, -0.05) is 125 Å². The number of nitrogens with one attached hydrogen (secondary N) is 2. The molecule has 0 fully saturated rings. The molecule has 6 aromatic carbocycles. The molecule has 12 rings (SSSR count). The van der Waals surface area contributed by atoms with Crippen molar-refractivity contribution < 1.29 is 4.74 Å².